The van der Waals surface area contributed by atoms with Crippen LogP contribution in [0.25, 0.3) is 11.4 Å². The van der Waals surface area contributed by atoms with Crippen molar-refractivity contribution in [1.29, 1.82) is 0 Å². The van der Waals surface area contributed by atoms with Gasteiger partial charge in [-0.2, -0.15) is 0 Å². The van der Waals surface area contributed by atoms with Gasteiger partial charge in [-0.1, -0.05) is 54.2 Å². The first-order valence-corrected chi connectivity index (χ1v) is 10.7. The van der Waals surface area contributed by atoms with Crippen LogP contribution in [0.4, 0.5) is 0 Å². The van der Waals surface area contributed by atoms with E-state index >= 15 is 0 Å². The molecule has 3 aromatic rings. The second kappa shape index (κ2) is 8.80. The van der Waals surface area contributed by atoms with Crippen molar-refractivity contribution in [2.45, 2.75) is 24.5 Å². The van der Waals surface area contributed by atoms with Gasteiger partial charge >= 0.3 is 0 Å². The first kappa shape index (κ1) is 19.0. The van der Waals surface area contributed by atoms with Crippen LogP contribution in [-0.2, 0) is 20.0 Å². The first-order valence-electron chi connectivity index (χ1n) is 9.71. The summed E-state index contributed by atoms with van der Waals surface area (Å²) < 4.78 is 7.59. The lowest BCUT2D eigenvalue weighted by Crippen LogP contribution is -2.31. The minimum absolute atomic E-state index is 0.921. The highest BCUT2D eigenvalue weighted by atomic mass is 32.2. The monoisotopic (exact) mass is 394 g/mol. The summed E-state index contributed by atoms with van der Waals surface area (Å²) in [7, 11) is 3.80. The number of hydrogen-bond acceptors (Lipinski definition) is 5. The van der Waals surface area contributed by atoms with Crippen molar-refractivity contribution in [1.82, 2.24) is 19.7 Å². The molecule has 28 heavy (non-hydrogen) atoms. The van der Waals surface area contributed by atoms with Crippen LogP contribution in [0.2, 0.25) is 0 Å². The summed E-state index contributed by atoms with van der Waals surface area (Å²) in [6.07, 6.45) is 2.20. The topological polar surface area (TPSA) is 43.2 Å². The molecule has 146 valence electrons. The van der Waals surface area contributed by atoms with E-state index < -0.39 is 0 Å². The predicted octanol–water partition coefficient (Wildman–Crippen LogP) is 4.03. The van der Waals surface area contributed by atoms with Crippen LogP contribution in [-0.4, -0.2) is 45.6 Å². The summed E-state index contributed by atoms with van der Waals surface area (Å²) in [6.45, 7) is 3.21. The molecule has 1 aromatic heterocycles. The molecule has 0 saturated carbocycles. The summed E-state index contributed by atoms with van der Waals surface area (Å²) in [5.74, 6) is 3.00. The third-order valence-corrected chi connectivity index (χ3v) is 6.35. The molecule has 0 fully saturated rings. The van der Waals surface area contributed by atoms with Gasteiger partial charge in [-0.15, -0.1) is 10.2 Å². The zero-order valence-electron chi connectivity index (χ0n) is 16.5. The van der Waals surface area contributed by atoms with E-state index in [-0.39, 0.29) is 0 Å². The molecular weight excluding hydrogens is 368 g/mol. The molecule has 0 amide bonds. The molecule has 6 heteroatoms. The second-order valence-electron chi connectivity index (χ2n) is 7.06. The van der Waals surface area contributed by atoms with Crippen molar-refractivity contribution in [3.63, 3.8) is 0 Å². The highest BCUT2D eigenvalue weighted by Crippen LogP contribution is 2.28. The van der Waals surface area contributed by atoms with Gasteiger partial charge in [-0.05, 0) is 36.6 Å². The first-order chi connectivity index (χ1) is 13.8. The van der Waals surface area contributed by atoms with Crippen LogP contribution < -0.4 is 4.74 Å². The SMILES string of the molecule is COc1cccc2c1CCN(CCCSc1nnc(-c3ccccc3)n1C)C2. The minimum Gasteiger partial charge on any atom is -0.496 e. The van der Waals surface area contributed by atoms with Crippen molar-refractivity contribution in [3.8, 4) is 17.1 Å². The quantitative estimate of drug-likeness (QED) is 0.447. The van der Waals surface area contributed by atoms with E-state index in [0.717, 1.165) is 60.5 Å². The molecule has 0 radical (unpaired) electrons. The Morgan fingerprint density at radius 1 is 1.07 bits per heavy atom. The molecule has 0 saturated heterocycles. The Labute approximate surface area is 170 Å². The van der Waals surface area contributed by atoms with E-state index in [1.54, 1.807) is 18.9 Å². The molecule has 0 bridgehead atoms. The van der Waals surface area contributed by atoms with Gasteiger partial charge in [0.2, 0.25) is 0 Å². The van der Waals surface area contributed by atoms with Crippen molar-refractivity contribution >= 4 is 11.8 Å². The van der Waals surface area contributed by atoms with E-state index in [2.05, 4.69) is 50.0 Å². The number of thioether (sulfide) groups is 1. The Morgan fingerprint density at radius 2 is 1.93 bits per heavy atom. The van der Waals surface area contributed by atoms with Crippen LogP contribution in [0.15, 0.2) is 53.7 Å². The molecule has 5 nitrogen and oxygen atoms in total. The molecule has 1 aliphatic rings. The number of nitrogens with zero attached hydrogens (tertiary/aromatic N) is 4. The van der Waals surface area contributed by atoms with Crippen LogP contribution in [0, 0.1) is 0 Å². The Balaban J connectivity index is 1.28. The average Bonchev–Trinajstić information content (AvgIpc) is 3.11. The molecule has 2 aromatic carbocycles. The number of benzene rings is 2. The van der Waals surface area contributed by atoms with E-state index in [1.165, 1.54) is 11.1 Å². The van der Waals surface area contributed by atoms with Gasteiger partial charge in [0, 0.05) is 31.5 Å². The van der Waals surface area contributed by atoms with Gasteiger partial charge in [0.15, 0.2) is 11.0 Å². The maximum absolute atomic E-state index is 5.50. The smallest absolute Gasteiger partial charge is 0.191 e. The maximum atomic E-state index is 5.50. The molecule has 0 spiro atoms. The standard InChI is InChI=1S/C22H26N4OS/c1-25-21(17-8-4-3-5-9-17)23-24-22(25)28-15-7-13-26-14-12-19-18(16-26)10-6-11-20(19)27-2/h3-6,8-11H,7,12-16H2,1-2H3. The number of fused-ring (bicyclic) bond motifs is 1. The zero-order chi connectivity index (χ0) is 19.3. The Bertz CT molecular complexity index is 926. The van der Waals surface area contributed by atoms with Gasteiger partial charge in [-0.3, -0.25) is 4.90 Å². The van der Waals surface area contributed by atoms with Crippen molar-refractivity contribution in [2.24, 2.45) is 7.05 Å². The summed E-state index contributed by atoms with van der Waals surface area (Å²) >= 11 is 1.79. The number of aromatic nitrogens is 3. The van der Waals surface area contributed by atoms with Crippen LogP contribution >= 0.6 is 11.8 Å². The summed E-state index contributed by atoms with van der Waals surface area (Å²) in [6, 6.07) is 16.6. The average molecular weight is 395 g/mol. The van der Waals surface area contributed by atoms with Crippen LogP contribution in [0.3, 0.4) is 0 Å². The molecule has 2 heterocycles. The number of methoxy groups -OCH3 is 1. The van der Waals surface area contributed by atoms with E-state index in [0.29, 0.717) is 0 Å². The second-order valence-corrected chi connectivity index (χ2v) is 8.12. The molecule has 0 N–H and O–H groups in total. The molecule has 0 atom stereocenters. The number of rotatable bonds is 7. The maximum Gasteiger partial charge on any atom is 0.191 e. The highest BCUT2D eigenvalue weighted by molar-refractivity contribution is 7.99. The fourth-order valence-corrected chi connectivity index (χ4v) is 4.58. The van der Waals surface area contributed by atoms with Crippen LogP contribution in [0.5, 0.6) is 5.75 Å². The summed E-state index contributed by atoms with van der Waals surface area (Å²) in [4.78, 5) is 2.54. The van der Waals surface area contributed by atoms with Gasteiger partial charge in [-0.25, -0.2) is 0 Å². The van der Waals surface area contributed by atoms with E-state index in [9.17, 15) is 0 Å². The molecule has 4 rings (SSSR count). The molecule has 1 aliphatic heterocycles. The van der Waals surface area contributed by atoms with Gasteiger partial charge in [0.1, 0.15) is 5.75 Å². The number of ether oxygens (including phenoxy) is 1. The largest absolute Gasteiger partial charge is 0.496 e. The Kier molecular flexibility index (Phi) is 5.98. The van der Waals surface area contributed by atoms with Crippen molar-refractivity contribution in [2.75, 3.05) is 26.0 Å². The van der Waals surface area contributed by atoms with E-state index in [4.69, 9.17) is 4.74 Å². The summed E-state index contributed by atoms with van der Waals surface area (Å²) in [5.41, 5.74) is 3.88. The van der Waals surface area contributed by atoms with Crippen molar-refractivity contribution in [3.05, 3.63) is 59.7 Å². The lowest BCUT2D eigenvalue weighted by Gasteiger charge is -2.29. The van der Waals surface area contributed by atoms with E-state index in [1.807, 2.05) is 25.2 Å². The van der Waals surface area contributed by atoms with Gasteiger partial charge in [0.25, 0.3) is 0 Å². The molecular formula is C22H26N4OS. The Morgan fingerprint density at radius 3 is 2.75 bits per heavy atom. The highest BCUT2D eigenvalue weighted by Gasteiger charge is 2.19. The summed E-state index contributed by atoms with van der Waals surface area (Å²) in [5, 5.41) is 9.72. The lowest BCUT2D eigenvalue weighted by atomic mass is 9.98. The zero-order valence-corrected chi connectivity index (χ0v) is 17.3. The normalized spacial score (nSPS) is 14.1. The minimum atomic E-state index is 0.921. The Hall–Kier alpha value is -2.31. The fraction of sp³-hybridized carbons (Fsp3) is 0.364. The van der Waals surface area contributed by atoms with Gasteiger partial charge in [0.05, 0.1) is 7.11 Å². The predicted molar refractivity (Wildman–Crippen MR) is 114 cm³/mol. The molecule has 0 aliphatic carbocycles. The lowest BCUT2D eigenvalue weighted by molar-refractivity contribution is 0.252. The van der Waals surface area contributed by atoms with Gasteiger partial charge < -0.3 is 9.30 Å². The van der Waals surface area contributed by atoms with Crippen LogP contribution in [0.1, 0.15) is 17.5 Å². The number of hydrogen-bond donors (Lipinski definition) is 0. The third kappa shape index (κ3) is 4.08. The third-order valence-electron chi connectivity index (χ3n) is 5.24. The fourth-order valence-electron chi connectivity index (χ4n) is 3.75. The van der Waals surface area contributed by atoms with Crippen molar-refractivity contribution < 1.29 is 4.74 Å². The molecule has 0 unspecified atom stereocenters.